The zero-order valence-corrected chi connectivity index (χ0v) is 11.4. The molecule has 0 fully saturated rings. The summed E-state index contributed by atoms with van der Waals surface area (Å²) >= 11 is 7.35. The van der Waals surface area contributed by atoms with E-state index < -0.39 is 0 Å². The molecule has 1 aliphatic rings. The van der Waals surface area contributed by atoms with Crippen molar-refractivity contribution >= 4 is 28.6 Å². The minimum absolute atomic E-state index is 0.288. The molecule has 2 heterocycles. The van der Waals surface area contributed by atoms with Gasteiger partial charge in [-0.15, -0.1) is 11.3 Å². The van der Waals surface area contributed by atoms with Crippen molar-refractivity contribution in [2.45, 2.75) is 6.61 Å². The van der Waals surface area contributed by atoms with Crippen LogP contribution in [-0.2, 0) is 6.61 Å². The minimum Gasteiger partial charge on any atom is -0.488 e. The van der Waals surface area contributed by atoms with Crippen molar-refractivity contribution in [2.24, 2.45) is 5.16 Å². The fraction of sp³-hybridized carbons (Fsp3) is 0.154. The third kappa shape index (κ3) is 2.52. The summed E-state index contributed by atoms with van der Waals surface area (Å²) in [6.45, 7) is 0.757. The fourth-order valence-corrected chi connectivity index (χ4v) is 2.84. The van der Waals surface area contributed by atoms with Crippen molar-refractivity contribution in [3.8, 4) is 11.5 Å². The molecule has 2 aromatic rings. The molecule has 1 N–H and O–H groups in total. The Hall–Kier alpha value is -1.72. The molecule has 0 amide bonds. The average molecular weight is 296 g/mol. The lowest BCUT2D eigenvalue weighted by molar-refractivity contribution is 0.305. The highest BCUT2D eigenvalue weighted by molar-refractivity contribution is 7.16. The van der Waals surface area contributed by atoms with Crippen molar-refractivity contribution < 1.29 is 14.7 Å². The Bertz CT molecular complexity index is 639. The van der Waals surface area contributed by atoms with Gasteiger partial charge in [0.1, 0.15) is 30.4 Å². The Balaban J connectivity index is 1.73. The first-order valence-corrected chi connectivity index (χ1v) is 6.81. The third-order valence-electron chi connectivity index (χ3n) is 2.76. The number of ether oxygens (including phenoxy) is 2. The maximum absolute atomic E-state index is 8.80. The van der Waals surface area contributed by atoms with Gasteiger partial charge in [-0.2, -0.15) is 0 Å². The van der Waals surface area contributed by atoms with E-state index in [9.17, 15) is 0 Å². The molecule has 0 atom stereocenters. The number of benzene rings is 1. The Morgan fingerprint density at radius 2 is 2.26 bits per heavy atom. The van der Waals surface area contributed by atoms with E-state index in [2.05, 4.69) is 5.16 Å². The summed E-state index contributed by atoms with van der Waals surface area (Å²) < 4.78 is 11.8. The molecule has 1 aromatic carbocycles. The summed E-state index contributed by atoms with van der Waals surface area (Å²) in [7, 11) is 0. The normalized spacial score (nSPS) is 15.3. The first-order chi connectivity index (χ1) is 9.26. The summed E-state index contributed by atoms with van der Waals surface area (Å²) in [4.78, 5) is 1.06. The number of halogens is 1. The first kappa shape index (κ1) is 12.3. The molecule has 1 aliphatic heterocycles. The smallest absolute Gasteiger partial charge is 0.134 e. The van der Waals surface area contributed by atoms with Gasteiger partial charge in [0.2, 0.25) is 0 Å². The lowest BCUT2D eigenvalue weighted by atomic mass is 10.1. The van der Waals surface area contributed by atoms with Crippen LogP contribution in [0.4, 0.5) is 0 Å². The van der Waals surface area contributed by atoms with Crippen molar-refractivity contribution in [1.82, 2.24) is 0 Å². The number of oxime groups is 1. The van der Waals surface area contributed by atoms with Crippen LogP contribution in [-0.4, -0.2) is 17.5 Å². The van der Waals surface area contributed by atoms with Gasteiger partial charge in [0.15, 0.2) is 0 Å². The van der Waals surface area contributed by atoms with E-state index in [0.29, 0.717) is 23.8 Å². The van der Waals surface area contributed by atoms with Crippen LogP contribution in [0.15, 0.2) is 35.5 Å². The zero-order chi connectivity index (χ0) is 13.2. The Labute approximate surface area is 118 Å². The van der Waals surface area contributed by atoms with Crippen molar-refractivity contribution in [1.29, 1.82) is 0 Å². The van der Waals surface area contributed by atoms with Gasteiger partial charge in [-0.1, -0.05) is 16.8 Å². The average Bonchev–Trinajstić information content (AvgIpc) is 3.01. The number of rotatable bonds is 3. The molecule has 6 heteroatoms. The van der Waals surface area contributed by atoms with Crippen LogP contribution in [0.5, 0.6) is 11.5 Å². The number of thiophene rings is 1. The largest absolute Gasteiger partial charge is 0.488 e. The second-order valence-corrected chi connectivity index (χ2v) is 5.79. The quantitative estimate of drug-likeness (QED) is 0.696. The van der Waals surface area contributed by atoms with E-state index in [1.807, 2.05) is 24.3 Å². The lowest BCUT2D eigenvalue weighted by Gasteiger charge is -2.06. The van der Waals surface area contributed by atoms with Crippen LogP contribution in [0, 0.1) is 0 Å². The van der Waals surface area contributed by atoms with Crippen LogP contribution >= 0.6 is 22.9 Å². The monoisotopic (exact) mass is 295 g/mol. The van der Waals surface area contributed by atoms with E-state index >= 15 is 0 Å². The Morgan fingerprint density at radius 3 is 3.00 bits per heavy atom. The highest BCUT2D eigenvalue weighted by atomic mass is 35.5. The zero-order valence-electron chi connectivity index (χ0n) is 9.80. The molecule has 0 radical (unpaired) electrons. The van der Waals surface area contributed by atoms with Crippen LogP contribution < -0.4 is 9.47 Å². The van der Waals surface area contributed by atoms with Gasteiger partial charge in [-0.3, -0.25) is 0 Å². The van der Waals surface area contributed by atoms with Crippen LogP contribution in [0.25, 0.3) is 0 Å². The highest BCUT2D eigenvalue weighted by Crippen LogP contribution is 2.31. The van der Waals surface area contributed by atoms with Gasteiger partial charge in [0.25, 0.3) is 0 Å². The summed E-state index contributed by atoms with van der Waals surface area (Å²) in [5.74, 6) is 1.39. The number of fused-ring (bicyclic) bond motifs is 1. The molecule has 0 saturated heterocycles. The molecular weight excluding hydrogens is 286 g/mol. The Kier molecular flexibility index (Phi) is 3.31. The van der Waals surface area contributed by atoms with Crippen molar-refractivity contribution in [3.63, 3.8) is 0 Å². The molecule has 1 aromatic heterocycles. The molecule has 0 saturated carbocycles. The number of hydrogen-bond donors (Lipinski definition) is 1. The second kappa shape index (κ2) is 5.11. The maximum Gasteiger partial charge on any atom is 0.134 e. The van der Waals surface area contributed by atoms with E-state index in [1.165, 1.54) is 11.3 Å². The van der Waals surface area contributed by atoms with Crippen LogP contribution in [0.3, 0.4) is 0 Å². The second-order valence-electron chi connectivity index (χ2n) is 3.99. The molecule has 98 valence electrons. The molecule has 3 rings (SSSR count). The Morgan fingerprint density at radius 1 is 1.37 bits per heavy atom. The van der Waals surface area contributed by atoms with Gasteiger partial charge in [-0.25, -0.2) is 0 Å². The van der Waals surface area contributed by atoms with E-state index in [0.717, 1.165) is 14.8 Å². The topological polar surface area (TPSA) is 51.1 Å². The summed E-state index contributed by atoms with van der Waals surface area (Å²) in [6, 6.07) is 9.23. The van der Waals surface area contributed by atoms with Gasteiger partial charge >= 0.3 is 0 Å². The fourth-order valence-electron chi connectivity index (χ4n) is 1.84. The van der Waals surface area contributed by atoms with Crippen LogP contribution in [0.2, 0.25) is 4.34 Å². The predicted molar refractivity (Wildman–Crippen MR) is 73.9 cm³/mol. The van der Waals surface area contributed by atoms with E-state index in [4.69, 9.17) is 26.3 Å². The molecule has 0 unspecified atom stereocenters. The number of nitrogens with zero attached hydrogens (tertiary/aromatic N) is 1. The highest BCUT2D eigenvalue weighted by Gasteiger charge is 2.20. The number of hydrogen-bond acceptors (Lipinski definition) is 5. The molecule has 19 heavy (non-hydrogen) atoms. The van der Waals surface area contributed by atoms with Gasteiger partial charge in [0, 0.05) is 16.5 Å². The maximum atomic E-state index is 8.80. The van der Waals surface area contributed by atoms with Crippen molar-refractivity contribution in [2.75, 3.05) is 6.61 Å². The SMILES string of the molecule is ON=C1COc2cc(OCc3ccc(Cl)s3)ccc21. The summed E-state index contributed by atoms with van der Waals surface area (Å²) in [5.41, 5.74) is 1.33. The molecule has 0 bridgehead atoms. The van der Waals surface area contributed by atoms with Crippen LogP contribution in [0.1, 0.15) is 10.4 Å². The van der Waals surface area contributed by atoms with Crippen molar-refractivity contribution in [3.05, 3.63) is 45.1 Å². The lowest BCUT2D eigenvalue weighted by Crippen LogP contribution is -2.01. The van der Waals surface area contributed by atoms with Gasteiger partial charge in [0.05, 0.1) is 4.34 Å². The standard InChI is InChI=1S/C13H10ClNO3S/c14-13-4-2-9(19-13)6-17-8-1-3-10-11(15-16)7-18-12(10)5-8/h1-5,16H,6-7H2. The first-order valence-electron chi connectivity index (χ1n) is 5.61. The predicted octanol–water partition coefficient (Wildman–Crippen LogP) is 3.55. The van der Waals surface area contributed by atoms with Gasteiger partial charge in [-0.05, 0) is 24.3 Å². The molecule has 0 spiro atoms. The summed E-state index contributed by atoms with van der Waals surface area (Å²) in [6.07, 6.45) is 0. The van der Waals surface area contributed by atoms with Gasteiger partial charge < -0.3 is 14.7 Å². The molecule has 4 nitrogen and oxygen atoms in total. The third-order valence-corrected chi connectivity index (χ3v) is 3.96. The molecule has 0 aliphatic carbocycles. The van der Waals surface area contributed by atoms with E-state index in [-0.39, 0.29) is 6.61 Å². The molecular formula is C13H10ClNO3S. The summed E-state index contributed by atoms with van der Waals surface area (Å²) in [5, 5.41) is 12.0. The minimum atomic E-state index is 0.288. The van der Waals surface area contributed by atoms with E-state index in [1.54, 1.807) is 6.07 Å².